The minimum absolute atomic E-state index is 0. The van der Waals surface area contributed by atoms with Crippen molar-refractivity contribution < 1.29 is 26.6 Å². The van der Waals surface area contributed by atoms with Crippen molar-refractivity contribution in [3.05, 3.63) is 30.6 Å². The van der Waals surface area contributed by atoms with Gasteiger partial charge in [0.1, 0.15) is 13.1 Å². The number of nitrogens with one attached hydrogen (secondary N) is 2. The smallest absolute Gasteiger partial charge is 0.244 e. The standard InChI is InChI=1S/C31H52N4O2.ClH/c1-3-5-7-9-11-13-15-21-30(36)32-23-25-34-27-35(29-20-18-17-19-28(29)34)26-24-33-31(37)22-16-14-12-10-8-6-4-2;/h17-20,27H,3-16,21-26H2,1-2H3,(H-,32,33,36,37);1H. The maximum Gasteiger partial charge on any atom is 0.244 e. The molecule has 0 unspecified atom stereocenters. The van der Waals surface area contributed by atoms with Gasteiger partial charge >= 0.3 is 0 Å². The first-order valence-corrected chi connectivity index (χ1v) is 15.2. The first kappa shape index (κ1) is 33.9. The number of fused-ring (bicyclic) bond motifs is 1. The lowest BCUT2D eigenvalue weighted by atomic mass is 10.1. The van der Waals surface area contributed by atoms with Crippen LogP contribution in [0.5, 0.6) is 0 Å². The van der Waals surface area contributed by atoms with Crippen molar-refractivity contribution in [2.45, 2.75) is 130 Å². The highest BCUT2D eigenvalue weighted by Crippen LogP contribution is 2.11. The van der Waals surface area contributed by atoms with Gasteiger partial charge in [-0.25, -0.2) is 9.13 Å². The number of carbonyl (C=O) groups excluding carboxylic acids is 2. The summed E-state index contributed by atoms with van der Waals surface area (Å²) in [6.07, 6.45) is 20.5. The lowest BCUT2D eigenvalue weighted by Gasteiger charge is -2.05. The monoisotopic (exact) mass is 548 g/mol. The van der Waals surface area contributed by atoms with E-state index in [0.29, 0.717) is 25.9 Å². The molecule has 0 aliphatic heterocycles. The molecule has 0 fully saturated rings. The number of rotatable bonds is 22. The Morgan fingerprint density at radius 1 is 0.711 bits per heavy atom. The Morgan fingerprint density at radius 3 is 1.79 bits per heavy atom. The van der Waals surface area contributed by atoms with Crippen LogP contribution in [0.25, 0.3) is 11.0 Å². The quantitative estimate of drug-likeness (QED) is 0.175. The third kappa shape index (κ3) is 14.2. The predicted molar refractivity (Wildman–Crippen MR) is 153 cm³/mol. The fourth-order valence-corrected chi connectivity index (χ4v) is 4.89. The molecule has 0 atom stereocenters. The van der Waals surface area contributed by atoms with Gasteiger partial charge in [-0.15, -0.1) is 0 Å². The molecule has 38 heavy (non-hydrogen) atoms. The van der Waals surface area contributed by atoms with Crippen LogP contribution in [0.15, 0.2) is 30.6 Å². The van der Waals surface area contributed by atoms with Crippen LogP contribution in [0, 0.1) is 0 Å². The molecule has 2 rings (SSSR count). The van der Waals surface area contributed by atoms with Crippen LogP contribution < -0.4 is 27.6 Å². The van der Waals surface area contributed by atoms with Crippen LogP contribution in [-0.4, -0.2) is 29.5 Å². The number of aromatic nitrogens is 2. The summed E-state index contributed by atoms with van der Waals surface area (Å²) < 4.78 is 4.40. The van der Waals surface area contributed by atoms with Gasteiger partial charge in [-0.3, -0.25) is 9.59 Å². The Hall–Kier alpha value is -2.08. The zero-order valence-electron chi connectivity index (χ0n) is 24.1. The Bertz CT molecular complexity index is 829. The fourth-order valence-electron chi connectivity index (χ4n) is 4.89. The molecule has 1 heterocycles. The average molecular weight is 549 g/mol. The number of carbonyl (C=O) groups is 2. The van der Waals surface area contributed by atoms with Gasteiger partial charge in [0.25, 0.3) is 0 Å². The van der Waals surface area contributed by atoms with Crippen LogP contribution >= 0.6 is 0 Å². The number of amides is 2. The Morgan fingerprint density at radius 2 is 1.21 bits per heavy atom. The minimum atomic E-state index is 0. The molecule has 1 aromatic heterocycles. The summed E-state index contributed by atoms with van der Waals surface area (Å²) in [6, 6.07) is 8.33. The van der Waals surface area contributed by atoms with E-state index in [9.17, 15) is 9.59 Å². The van der Waals surface area contributed by atoms with E-state index in [1.807, 2.05) is 12.1 Å². The van der Waals surface area contributed by atoms with Crippen molar-refractivity contribution in [2.24, 2.45) is 0 Å². The molecule has 0 saturated heterocycles. The van der Waals surface area contributed by atoms with Gasteiger partial charge in [-0.05, 0) is 25.0 Å². The lowest BCUT2D eigenvalue weighted by molar-refractivity contribution is -0.670. The van der Waals surface area contributed by atoms with Crippen LogP contribution in [0.3, 0.4) is 0 Å². The van der Waals surface area contributed by atoms with Crippen LogP contribution in [0.1, 0.15) is 117 Å². The van der Waals surface area contributed by atoms with Crippen molar-refractivity contribution >= 4 is 22.8 Å². The zero-order valence-corrected chi connectivity index (χ0v) is 24.9. The molecule has 0 bridgehead atoms. The normalized spacial score (nSPS) is 10.9. The largest absolute Gasteiger partial charge is 1.00 e. The molecule has 6 nitrogen and oxygen atoms in total. The number of para-hydroxylation sites is 2. The number of benzene rings is 1. The van der Waals surface area contributed by atoms with Crippen molar-refractivity contribution in [1.29, 1.82) is 0 Å². The van der Waals surface area contributed by atoms with Crippen molar-refractivity contribution in [3.63, 3.8) is 0 Å². The van der Waals surface area contributed by atoms with E-state index in [2.05, 4.69) is 52.1 Å². The first-order valence-electron chi connectivity index (χ1n) is 15.2. The second kappa shape index (κ2) is 21.8. The number of unbranched alkanes of at least 4 members (excludes halogenated alkanes) is 12. The lowest BCUT2D eigenvalue weighted by Crippen LogP contribution is -3.00. The maximum atomic E-state index is 12.2. The SMILES string of the molecule is CCCCCCCCCC(=O)NCCn1c[n+](CCNC(=O)CCCCCCCCC)c2ccccc21.[Cl-]. The van der Waals surface area contributed by atoms with Gasteiger partial charge in [0.2, 0.25) is 18.1 Å². The molecule has 0 radical (unpaired) electrons. The molecular formula is C31H53ClN4O2. The maximum absolute atomic E-state index is 12.2. The Kier molecular flexibility index (Phi) is 19.5. The van der Waals surface area contributed by atoms with E-state index >= 15 is 0 Å². The van der Waals surface area contributed by atoms with E-state index < -0.39 is 0 Å². The Balaban J connectivity index is 0.00000722. The van der Waals surface area contributed by atoms with E-state index in [4.69, 9.17) is 0 Å². The Labute approximate surface area is 237 Å². The highest BCUT2D eigenvalue weighted by Gasteiger charge is 2.15. The molecule has 0 aliphatic rings. The highest BCUT2D eigenvalue weighted by atomic mass is 35.5. The van der Waals surface area contributed by atoms with Crippen molar-refractivity contribution in [1.82, 2.24) is 15.2 Å². The molecule has 216 valence electrons. The third-order valence-electron chi connectivity index (χ3n) is 7.14. The minimum Gasteiger partial charge on any atom is -1.00 e. The molecule has 1 aromatic carbocycles. The summed E-state index contributed by atoms with van der Waals surface area (Å²) in [6.45, 7) is 7.20. The van der Waals surface area contributed by atoms with Gasteiger partial charge in [-0.1, -0.05) is 103 Å². The van der Waals surface area contributed by atoms with Crippen molar-refractivity contribution in [2.75, 3.05) is 13.1 Å². The summed E-state index contributed by atoms with van der Waals surface area (Å²) in [7, 11) is 0. The molecule has 2 amide bonds. The summed E-state index contributed by atoms with van der Waals surface area (Å²) in [5.74, 6) is 0.308. The predicted octanol–water partition coefficient (Wildman–Crippen LogP) is 3.45. The summed E-state index contributed by atoms with van der Waals surface area (Å²) in [5, 5.41) is 6.17. The van der Waals surface area contributed by atoms with Gasteiger partial charge in [0, 0.05) is 12.8 Å². The van der Waals surface area contributed by atoms with Gasteiger partial charge in [0.15, 0.2) is 11.0 Å². The molecule has 0 aliphatic carbocycles. The fraction of sp³-hybridized carbons (Fsp3) is 0.710. The molecular weight excluding hydrogens is 496 g/mol. The first-order chi connectivity index (χ1) is 18.2. The number of imidazole rings is 1. The summed E-state index contributed by atoms with van der Waals surface area (Å²) >= 11 is 0. The van der Waals surface area contributed by atoms with E-state index in [1.54, 1.807) is 0 Å². The number of nitrogens with zero attached hydrogens (tertiary/aromatic N) is 2. The van der Waals surface area contributed by atoms with Crippen molar-refractivity contribution in [3.8, 4) is 0 Å². The molecule has 7 heteroatoms. The molecule has 2 aromatic rings. The van der Waals surface area contributed by atoms with E-state index in [1.165, 1.54) is 64.2 Å². The molecule has 0 spiro atoms. The van der Waals surface area contributed by atoms with Crippen LogP contribution in [0.2, 0.25) is 0 Å². The summed E-state index contributed by atoms with van der Waals surface area (Å²) in [4.78, 5) is 24.5. The zero-order chi connectivity index (χ0) is 26.6. The number of halogens is 1. The van der Waals surface area contributed by atoms with Crippen LogP contribution in [0.4, 0.5) is 0 Å². The van der Waals surface area contributed by atoms with Gasteiger partial charge in [0.05, 0.1) is 13.1 Å². The van der Waals surface area contributed by atoms with E-state index in [0.717, 1.165) is 49.8 Å². The third-order valence-corrected chi connectivity index (χ3v) is 7.14. The van der Waals surface area contributed by atoms with Gasteiger partial charge in [-0.2, -0.15) is 0 Å². The molecule has 0 saturated carbocycles. The summed E-state index contributed by atoms with van der Waals surface area (Å²) in [5.41, 5.74) is 2.30. The number of hydrogen-bond donors (Lipinski definition) is 2. The topological polar surface area (TPSA) is 67.0 Å². The highest BCUT2D eigenvalue weighted by molar-refractivity contribution is 5.76. The van der Waals surface area contributed by atoms with Gasteiger partial charge < -0.3 is 23.0 Å². The molecule has 2 N–H and O–H groups in total. The average Bonchev–Trinajstić information content (AvgIpc) is 3.25. The number of hydrogen-bond acceptors (Lipinski definition) is 2. The van der Waals surface area contributed by atoms with E-state index in [-0.39, 0.29) is 24.2 Å². The van der Waals surface area contributed by atoms with Crippen LogP contribution in [-0.2, 0) is 22.7 Å². The second-order valence-electron chi connectivity index (χ2n) is 10.4. The second-order valence-corrected chi connectivity index (χ2v) is 10.4.